The van der Waals surface area contributed by atoms with Crippen molar-refractivity contribution < 1.29 is 18.8 Å². The van der Waals surface area contributed by atoms with Gasteiger partial charge in [0.05, 0.1) is 17.3 Å². The minimum Gasteiger partial charge on any atom is -0.443 e. The molecule has 0 spiro atoms. The molecule has 5 rings (SSSR count). The summed E-state index contributed by atoms with van der Waals surface area (Å²) in [5.41, 5.74) is 3.22. The van der Waals surface area contributed by atoms with E-state index in [1.165, 1.54) is 17.5 Å². The third kappa shape index (κ3) is 3.75. The Morgan fingerprint density at radius 1 is 1.15 bits per heavy atom. The van der Waals surface area contributed by atoms with Crippen molar-refractivity contribution in [1.29, 1.82) is 0 Å². The first kappa shape index (κ1) is 21.6. The molecular weight excluding hydrogens is 434 g/mol. The number of carbonyl (C=O) groups is 3. The van der Waals surface area contributed by atoms with Gasteiger partial charge in [-0.2, -0.15) is 0 Å². The number of rotatable bonds is 4. The van der Waals surface area contributed by atoms with E-state index in [0.29, 0.717) is 46.7 Å². The zero-order chi connectivity index (χ0) is 23.8. The van der Waals surface area contributed by atoms with E-state index in [2.05, 4.69) is 15.0 Å². The molecule has 9 heteroatoms. The number of piperazine rings is 1. The van der Waals surface area contributed by atoms with Crippen molar-refractivity contribution in [3.05, 3.63) is 72.0 Å². The first-order valence-corrected chi connectivity index (χ1v) is 11.0. The van der Waals surface area contributed by atoms with Gasteiger partial charge in [-0.1, -0.05) is 18.2 Å². The van der Waals surface area contributed by atoms with Gasteiger partial charge in [-0.15, -0.1) is 0 Å². The van der Waals surface area contributed by atoms with Crippen LogP contribution in [-0.4, -0.2) is 68.0 Å². The van der Waals surface area contributed by atoms with E-state index in [0.717, 1.165) is 0 Å². The number of H-pyrrole nitrogens is 1. The molecule has 4 heterocycles. The summed E-state index contributed by atoms with van der Waals surface area (Å²) in [7, 11) is 0. The number of pyridine rings is 1. The summed E-state index contributed by atoms with van der Waals surface area (Å²) in [6.45, 7) is 4.65. The van der Waals surface area contributed by atoms with Crippen LogP contribution in [-0.2, 0) is 4.79 Å². The Labute approximate surface area is 195 Å². The van der Waals surface area contributed by atoms with Gasteiger partial charge in [0.2, 0.25) is 0 Å². The van der Waals surface area contributed by atoms with Gasteiger partial charge in [0.25, 0.3) is 17.6 Å². The number of aryl methyl sites for hydroxylation is 1. The molecule has 1 aliphatic rings. The van der Waals surface area contributed by atoms with Crippen molar-refractivity contribution in [2.45, 2.75) is 19.9 Å². The number of fused-ring (bicyclic) bond motifs is 1. The fraction of sp³-hybridized carbons (Fsp3) is 0.240. The molecule has 0 radical (unpaired) electrons. The molecule has 3 aromatic heterocycles. The maximum absolute atomic E-state index is 13.2. The summed E-state index contributed by atoms with van der Waals surface area (Å²) in [5.74, 6) is -0.787. The van der Waals surface area contributed by atoms with Crippen molar-refractivity contribution >= 4 is 28.6 Å². The van der Waals surface area contributed by atoms with Crippen molar-refractivity contribution in [1.82, 2.24) is 24.8 Å². The normalized spacial score (nSPS) is 16.1. The Kier molecular flexibility index (Phi) is 5.45. The van der Waals surface area contributed by atoms with Crippen LogP contribution in [0.4, 0.5) is 0 Å². The molecule has 9 nitrogen and oxygen atoms in total. The van der Waals surface area contributed by atoms with Gasteiger partial charge in [-0.25, -0.2) is 4.98 Å². The van der Waals surface area contributed by atoms with Crippen LogP contribution < -0.4 is 0 Å². The Balaban J connectivity index is 1.37. The Hall–Kier alpha value is -4.27. The largest absolute Gasteiger partial charge is 0.443 e. The highest BCUT2D eigenvalue weighted by atomic mass is 16.3. The zero-order valence-electron chi connectivity index (χ0n) is 18.8. The first-order valence-electron chi connectivity index (χ1n) is 11.0. The molecule has 4 aromatic rings. The zero-order valence-corrected chi connectivity index (χ0v) is 18.8. The van der Waals surface area contributed by atoms with E-state index in [1.54, 1.807) is 23.2 Å². The van der Waals surface area contributed by atoms with Crippen LogP contribution in [0.1, 0.15) is 33.3 Å². The Morgan fingerprint density at radius 3 is 2.65 bits per heavy atom. The number of carbonyl (C=O) groups excluding carboxylic acids is 3. The van der Waals surface area contributed by atoms with Crippen LogP contribution in [0.3, 0.4) is 0 Å². The van der Waals surface area contributed by atoms with Gasteiger partial charge in [0.15, 0.2) is 12.2 Å². The average Bonchev–Trinajstić information content (AvgIpc) is 3.53. The number of oxazole rings is 1. The van der Waals surface area contributed by atoms with E-state index < -0.39 is 11.7 Å². The van der Waals surface area contributed by atoms with Crippen molar-refractivity contribution in [2.75, 3.05) is 19.6 Å². The highest BCUT2D eigenvalue weighted by Gasteiger charge is 2.34. The predicted octanol–water partition coefficient (Wildman–Crippen LogP) is 3.08. The Bertz CT molecular complexity index is 1380. The number of amides is 2. The predicted molar refractivity (Wildman–Crippen MR) is 124 cm³/mol. The van der Waals surface area contributed by atoms with Crippen LogP contribution in [0.2, 0.25) is 0 Å². The number of benzene rings is 1. The van der Waals surface area contributed by atoms with Crippen molar-refractivity contribution in [2.24, 2.45) is 0 Å². The highest BCUT2D eigenvalue weighted by molar-refractivity contribution is 6.44. The number of nitrogens with zero attached hydrogens (tertiary/aromatic N) is 4. The van der Waals surface area contributed by atoms with E-state index >= 15 is 0 Å². The number of nitrogens with one attached hydrogen (secondary N) is 1. The van der Waals surface area contributed by atoms with Crippen LogP contribution in [0.25, 0.3) is 22.4 Å². The fourth-order valence-electron chi connectivity index (χ4n) is 4.40. The average molecular weight is 457 g/mol. The van der Waals surface area contributed by atoms with Crippen LogP contribution in [0.15, 0.2) is 59.6 Å². The molecule has 0 bridgehead atoms. The van der Waals surface area contributed by atoms with Gasteiger partial charge in [-0.05, 0) is 32.0 Å². The summed E-state index contributed by atoms with van der Waals surface area (Å²) in [5, 5.41) is 0. The molecule has 172 valence electrons. The van der Waals surface area contributed by atoms with E-state index in [-0.39, 0.29) is 24.1 Å². The molecule has 0 saturated carbocycles. The summed E-state index contributed by atoms with van der Waals surface area (Å²) in [4.78, 5) is 54.0. The summed E-state index contributed by atoms with van der Waals surface area (Å²) < 4.78 is 5.42. The lowest BCUT2D eigenvalue weighted by Gasteiger charge is -2.39. The second kappa shape index (κ2) is 8.58. The third-order valence-electron chi connectivity index (χ3n) is 6.10. The van der Waals surface area contributed by atoms with Crippen LogP contribution in [0, 0.1) is 6.92 Å². The quantitative estimate of drug-likeness (QED) is 0.372. The SMILES string of the molecule is Cc1cc(-c2cnco2)c2[nH]cc(C(=O)C(=O)N3CCN(C(=O)c4ccccc4)C[C@H]3C)c2n1. The third-order valence-corrected chi connectivity index (χ3v) is 6.10. The van der Waals surface area contributed by atoms with E-state index in [1.807, 2.05) is 38.1 Å². The Morgan fingerprint density at radius 2 is 1.94 bits per heavy atom. The van der Waals surface area contributed by atoms with Gasteiger partial charge in [0, 0.05) is 48.7 Å². The molecule has 0 unspecified atom stereocenters. The van der Waals surface area contributed by atoms with Crippen molar-refractivity contribution in [3.8, 4) is 11.3 Å². The maximum atomic E-state index is 13.2. The monoisotopic (exact) mass is 457 g/mol. The minimum atomic E-state index is -0.637. The lowest BCUT2D eigenvalue weighted by atomic mass is 10.1. The standard InChI is InChI=1S/C25H23N5O4/c1-15-10-18(20-12-26-14-34-20)21-22(28-15)19(11-27-21)23(31)25(33)30-9-8-29(13-16(30)2)24(32)17-6-4-3-5-7-17/h3-7,10-12,14,16,27H,8-9,13H2,1-2H3/t16-/m1/s1. The highest BCUT2D eigenvalue weighted by Crippen LogP contribution is 2.30. The lowest BCUT2D eigenvalue weighted by molar-refractivity contribution is -0.130. The lowest BCUT2D eigenvalue weighted by Crippen LogP contribution is -2.56. The topological polar surface area (TPSA) is 112 Å². The molecule has 1 aromatic carbocycles. The number of ketones is 1. The molecule has 34 heavy (non-hydrogen) atoms. The summed E-state index contributed by atoms with van der Waals surface area (Å²) >= 11 is 0. The minimum absolute atomic E-state index is 0.0814. The number of aromatic amines is 1. The number of Topliss-reactive ketones (excluding diaryl/α,β-unsaturated/α-hetero) is 1. The molecule has 1 saturated heterocycles. The van der Waals surface area contributed by atoms with Crippen molar-refractivity contribution in [3.63, 3.8) is 0 Å². The van der Waals surface area contributed by atoms with Gasteiger partial charge in [0.1, 0.15) is 5.52 Å². The van der Waals surface area contributed by atoms with Gasteiger partial charge >= 0.3 is 0 Å². The second-order valence-electron chi connectivity index (χ2n) is 8.40. The molecule has 1 atom stereocenters. The molecule has 1 N–H and O–H groups in total. The van der Waals surface area contributed by atoms with E-state index in [9.17, 15) is 14.4 Å². The summed E-state index contributed by atoms with van der Waals surface area (Å²) in [6, 6.07) is 10.6. The first-order chi connectivity index (χ1) is 16.4. The molecule has 0 aliphatic carbocycles. The number of hydrogen-bond donors (Lipinski definition) is 1. The smallest absolute Gasteiger partial charge is 0.295 e. The molecule has 2 amide bonds. The van der Waals surface area contributed by atoms with E-state index in [4.69, 9.17) is 4.42 Å². The summed E-state index contributed by atoms with van der Waals surface area (Å²) in [6.07, 6.45) is 4.43. The number of hydrogen-bond acceptors (Lipinski definition) is 6. The van der Waals surface area contributed by atoms with Gasteiger partial charge < -0.3 is 19.2 Å². The molecule has 1 fully saturated rings. The van der Waals surface area contributed by atoms with Gasteiger partial charge in [-0.3, -0.25) is 19.4 Å². The van der Waals surface area contributed by atoms with Crippen LogP contribution in [0.5, 0.6) is 0 Å². The number of aromatic nitrogens is 3. The molecule has 1 aliphatic heterocycles. The van der Waals surface area contributed by atoms with Crippen LogP contribution >= 0.6 is 0 Å². The molecular formula is C25H23N5O4. The second-order valence-corrected chi connectivity index (χ2v) is 8.40. The fourth-order valence-corrected chi connectivity index (χ4v) is 4.40. The maximum Gasteiger partial charge on any atom is 0.295 e.